The molecule has 1 saturated heterocycles. The first-order chi connectivity index (χ1) is 23.7. The molecule has 6 heteroatoms. The molecule has 0 N–H and O–H groups in total. The molecule has 0 bridgehead atoms. The number of rotatable bonds is 15. The monoisotopic (exact) mass is 706 g/mol. The molecule has 6 rings (SSSR count). The fraction of sp³-hybridized carbons (Fsp3) is 0.286. The van der Waals surface area contributed by atoms with Crippen molar-refractivity contribution in [2.75, 3.05) is 6.61 Å². The van der Waals surface area contributed by atoms with Crippen molar-refractivity contribution in [2.24, 2.45) is 0 Å². The van der Waals surface area contributed by atoms with Crippen molar-refractivity contribution in [1.29, 1.82) is 0 Å². The van der Waals surface area contributed by atoms with Crippen LogP contribution < -0.4 is 0 Å². The molecule has 0 aliphatic carbocycles. The topological polar surface area (TPSA) is 46.2 Å². The maximum Gasteiger partial charge on any atom is 0.117 e. The number of alkyl halides is 1. The predicted molar refractivity (Wildman–Crippen MR) is 193 cm³/mol. The zero-order valence-corrected chi connectivity index (χ0v) is 28.9. The Balaban J connectivity index is 1.37. The van der Waals surface area contributed by atoms with Gasteiger partial charge in [0.15, 0.2) is 0 Å². The Kier molecular flexibility index (Phi) is 12.6. The van der Waals surface area contributed by atoms with E-state index in [9.17, 15) is 0 Å². The average molecular weight is 708 g/mol. The van der Waals surface area contributed by atoms with E-state index in [1.807, 2.05) is 72.8 Å². The first-order valence-corrected chi connectivity index (χ1v) is 17.7. The highest BCUT2D eigenvalue weighted by molar-refractivity contribution is 9.08. The summed E-state index contributed by atoms with van der Waals surface area (Å²) in [6.45, 7) is 4.16. The molecule has 1 aliphatic heterocycles. The Morgan fingerprint density at radius 2 is 0.979 bits per heavy atom. The lowest BCUT2D eigenvalue weighted by Crippen LogP contribution is -2.58. The van der Waals surface area contributed by atoms with Gasteiger partial charge in [-0.25, -0.2) is 0 Å². The van der Waals surface area contributed by atoms with E-state index in [4.69, 9.17) is 23.7 Å². The molecule has 0 saturated carbocycles. The van der Waals surface area contributed by atoms with Gasteiger partial charge >= 0.3 is 0 Å². The predicted octanol–water partition coefficient (Wildman–Crippen LogP) is 9.30. The molecular formula is C42H43BrO5. The molecule has 5 atom stereocenters. The lowest BCUT2D eigenvalue weighted by molar-refractivity contribution is -0.275. The van der Waals surface area contributed by atoms with Crippen LogP contribution in [-0.2, 0) is 55.4 Å². The number of benzene rings is 5. The van der Waals surface area contributed by atoms with Crippen LogP contribution in [0.15, 0.2) is 140 Å². The van der Waals surface area contributed by atoms with Gasteiger partial charge < -0.3 is 23.7 Å². The van der Waals surface area contributed by atoms with Gasteiger partial charge in [0, 0.05) is 5.33 Å². The van der Waals surface area contributed by atoms with Crippen molar-refractivity contribution in [1.82, 2.24) is 0 Å². The van der Waals surface area contributed by atoms with Crippen molar-refractivity contribution < 1.29 is 23.7 Å². The van der Waals surface area contributed by atoms with Crippen LogP contribution in [0.2, 0.25) is 0 Å². The SMILES string of the molecule is Cc1ccc(CBr)cc1[C@@H]1O[C@H](COCc2ccccc2)[C@@H](OCc2ccccc2)[C@H](OCc2ccccc2)[C@H]1OCc1ccccc1. The van der Waals surface area contributed by atoms with E-state index in [1.54, 1.807) is 0 Å². The number of hydrogen-bond donors (Lipinski definition) is 0. The first-order valence-electron chi connectivity index (χ1n) is 16.6. The van der Waals surface area contributed by atoms with E-state index in [-0.39, 0.29) is 0 Å². The summed E-state index contributed by atoms with van der Waals surface area (Å²) in [4.78, 5) is 0. The van der Waals surface area contributed by atoms with Crippen LogP contribution in [0, 0.1) is 6.92 Å². The van der Waals surface area contributed by atoms with Gasteiger partial charge in [-0.3, -0.25) is 0 Å². The number of ether oxygens (including phenoxy) is 5. The molecular weight excluding hydrogens is 664 g/mol. The number of hydrogen-bond acceptors (Lipinski definition) is 5. The second-order valence-corrected chi connectivity index (χ2v) is 12.8. The quantitative estimate of drug-likeness (QED) is 0.102. The zero-order chi connectivity index (χ0) is 33.0. The van der Waals surface area contributed by atoms with Crippen molar-refractivity contribution in [3.8, 4) is 0 Å². The smallest absolute Gasteiger partial charge is 0.117 e. The summed E-state index contributed by atoms with van der Waals surface area (Å²) in [7, 11) is 0. The highest BCUT2D eigenvalue weighted by Crippen LogP contribution is 2.40. The molecule has 48 heavy (non-hydrogen) atoms. The van der Waals surface area contributed by atoms with E-state index in [0.29, 0.717) is 33.0 Å². The standard InChI is InChI=1S/C42H43BrO5/c1-31-22-23-36(25-43)24-37(31)39-41(46-28-34-18-10-4-11-19-34)42(47-29-35-20-12-5-13-21-35)40(45-27-33-16-8-3-9-17-33)38(48-39)30-44-26-32-14-6-2-7-15-32/h2-24,38-42H,25-30H2,1H3/t38-,39+,40-,41+,42+/m1/s1. The number of aryl methyl sites for hydroxylation is 1. The molecule has 0 unspecified atom stereocenters. The molecule has 248 valence electrons. The average Bonchev–Trinajstić information content (AvgIpc) is 3.14. The van der Waals surface area contributed by atoms with Gasteiger partial charge in [-0.15, -0.1) is 0 Å². The molecule has 0 amide bonds. The third kappa shape index (κ3) is 9.29. The van der Waals surface area contributed by atoms with E-state index >= 15 is 0 Å². The molecule has 5 nitrogen and oxygen atoms in total. The molecule has 5 aromatic rings. The fourth-order valence-electron chi connectivity index (χ4n) is 6.12. The maximum atomic E-state index is 7.10. The van der Waals surface area contributed by atoms with Crippen LogP contribution in [0.25, 0.3) is 0 Å². The van der Waals surface area contributed by atoms with Gasteiger partial charge in [-0.1, -0.05) is 155 Å². The second-order valence-electron chi connectivity index (χ2n) is 12.2. The van der Waals surface area contributed by atoms with Crippen molar-refractivity contribution >= 4 is 15.9 Å². The van der Waals surface area contributed by atoms with E-state index in [1.165, 1.54) is 5.56 Å². The largest absolute Gasteiger partial charge is 0.374 e. The molecule has 0 radical (unpaired) electrons. The molecule has 0 aromatic heterocycles. The summed E-state index contributed by atoms with van der Waals surface area (Å²) < 4.78 is 34.1. The minimum atomic E-state index is -0.471. The molecule has 5 aromatic carbocycles. The summed E-state index contributed by atoms with van der Waals surface area (Å²) in [5.74, 6) is 0. The zero-order valence-electron chi connectivity index (χ0n) is 27.3. The highest BCUT2D eigenvalue weighted by Gasteiger charge is 2.49. The second kappa shape index (κ2) is 17.7. The first kappa shape index (κ1) is 34.3. The third-order valence-corrected chi connectivity index (χ3v) is 9.34. The van der Waals surface area contributed by atoms with Gasteiger partial charge in [0.1, 0.15) is 30.5 Å². The van der Waals surface area contributed by atoms with Gasteiger partial charge in [0.2, 0.25) is 0 Å². The van der Waals surface area contributed by atoms with E-state index in [0.717, 1.165) is 38.7 Å². The van der Waals surface area contributed by atoms with Gasteiger partial charge in [-0.05, 0) is 45.9 Å². The molecule has 1 fully saturated rings. The van der Waals surface area contributed by atoms with Crippen molar-refractivity contribution in [3.63, 3.8) is 0 Å². The van der Waals surface area contributed by atoms with E-state index in [2.05, 4.69) is 89.6 Å². The Morgan fingerprint density at radius 3 is 1.48 bits per heavy atom. The summed E-state index contributed by atoms with van der Waals surface area (Å²) in [5, 5.41) is 0.739. The third-order valence-electron chi connectivity index (χ3n) is 8.69. The van der Waals surface area contributed by atoms with Crippen LogP contribution in [0.1, 0.15) is 45.0 Å². The van der Waals surface area contributed by atoms with Crippen LogP contribution in [0.4, 0.5) is 0 Å². The normalized spacial score (nSPS) is 20.8. The fourth-order valence-corrected chi connectivity index (χ4v) is 6.47. The summed E-state index contributed by atoms with van der Waals surface area (Å²) >= 11 is 3.66. The molecule has 1 aliphatic rings. The van der Waals surface area contributed by atoms with Gasteiger partial charge in [0.05, 0.1) is 33.0 Å². The van der Waals surface area contributed by atoms with Crippen LogP contribution in [0.5, 0.6) is 0 Å². The Hall–Kier alpha value is -3.62. The number of halogens is 1. The Labute approximate surface area is 292 Å². The van der Waals surface area contributed by atoms with Crippen LogP contribution in [0.3, 0.4) is 0 Å². The minimum Gasteiger partial charge on any atom is -0.374 e. The summed E-state index contributed by atoms with van der Waals surface area (Å²) in [6.07, 6.45) is -2.25. The Morgan fingerprint density at radius 1 is 0.521 bits per heavy atom. The van der Waals surface area contributed by atoms with Crippen molar-refractivity contribution in [3.05, 3.63) is 178 Å². The summed E-state index contributed by atoms with van der Waals surface area (Å²) in [5.41, 5.74) is 7.72. The van der Waals surface area contributed by atoms with Crippen LogP contribution in [-0.4, -0.2) is 31.0 Å². The van der Waals surface area contributed by atoms with Gasteiger partial charge in [-0.2, -0.15) is 0 Å². The lowest BCUT2D eigenvalue weighted by atomic mass is 9.88. The van der Waals surface area contributed by atoms with E-state index < -0.39 is 30.5 Å². The Bertz CT molecular complexity index is 1650. The lowest BCUT2D eigenvalue weighted by Gasteiger charge is -2.47. The van der Waals surface area contributed by atoms with Crippen LogP contribution >= 0.6 is 15.9 Å². The molecule has 0 spiro atoms. The van der Waals surface area contributed by atoms with Crippen molar-refractivity contribution in [2.45, 2.75) is 69.2 Å². The summed E-state index contributed by atoms with van der Waals surface area (Å²) in [6, 6.07) is 47.5. The minimum absolute atomic E-state index is 0.332. The maximum absolute atomic E-state index is 7.10. The highest BCUT2D eigenvalue weighted by atomic mass is 79.9. The van der Waals surface area contributed by atoms with Gasteiger partial charge in [0.25, 0.3) is 0 Å². The molecule has 1 heterocycles.